The van der Waals surface area contributed by atoms with Crippen LogP contribution in [0.4, 0.5) is 5.00 Å². The van der Waals surface area contributed by atoms with E-state index in [1.807, 2.05) is 24.3 Å². The summed E-state index contributed by atoms with van der Waals surface area (Å²) >= 11 is 2.29. The molecule has 4 aromatic rings. The number of aromatic amines is 1. The van der Waals surface area contributed by atoms with Gasteiger partial charge in [0.15, 0.2) is 5.65 Å². The lowest BCUT2D eigenvalue weighted by Crippen LogP contribution is -2.15. The first-order valence-corrected chi connectivity index (χ1v) is 12.7. The molecular weight excluding hydrogens is 490 g/mol. The Balaban J connectivity index is 1.43. The van der Waals surface area contributed by atoms with Crippen LogP contribution in [0.3, 0.4) is 0 Å². The van der Waals surface area contributed by atoms with Gasteiger partial charge in [-0.05, 0) is 32.4 Å². The van der Waals surface area contributed by atoms with E-state index >= 15 is 0 Å². The predicted octanol–water partition coefficient (Wildman–Crippen LogP) is 4.35. The summed E-state index contributed by atoms with van der Waals surface area (Å²) in [5.74, 6) is -1.08. The number of ether oxygens (including phenoxy) is 2. The molecule has 0 fully saturated rings. The number of thiophene rings is 1. The van der Waals surface area contributed by atoms with Gasteiger partial charge in [0.2, 0.25) is 11.1 Å². The Bertz CT molecular complexity index is 1410. The van der Waals surface area contributed by atoms with Gasteiger partial charge in [0, 0.05) is 23.1 Å². The van der Waals surface area contributed by atoms with Crippen molar-refractivity contribution in [3.05, 3.63) is 40.3 Å². The summed E-state index contributed by atoms with van der Waals surface area (Å²) in [6.45, 7) is 5.38. The lowest BCUT2D eigenvalue weighted by Gasteiger charge is -2.07. The van der Waals surface area contributed by atoms with E-state index in [-0.39, 0.29) is 41.0 Å². The second-order valence-electron chi connectivity index (χ2n) is 7.31. The molecule has 3 aromatic heterocycles. The molecule has 4 rings (SSSR count). The molecule has 0 saturated heterocycles. The van der Waals surface area contributed by atoms with Crippen LogP contribution >= 0.6 is 23.1 Å². The fourth-order valence-corrected chi connectivity index (χ4v) is 5.26. The summed E-state index contributed by atoms with van der Waals surface area (Å²) in [4.78, 5) is 45.4. The predicted molar refractivity (Wildman–Crippen MR) is 134 cm³/mol. The number of anilines is 1. The molecule has 35 heavy (non-hydrogen) atoms. The summed E-state index contributed by atoms with van der Waals surface area (Å²) in [7, 11) is 0. The van der Waals surface area contributed by atoms with Gasteiger partial charge in [-0.3, -0.25) is 4.79 Å². The van der Waals surface area contributed by atoms with Gasteiger partial charge in [-0.25, -0.2) is 14.6 Å². The summed E-state index contributed by atoms with van der Waals surface area (Å²) in [6.07, 6.45) is 0.132. The van der Waals surface area contributed by atoms with Crippen molar-refractivity contribution in [3.63, 3.8) is 0 Å². The molecular formula is C23H23N5O5S2. The molecule has 2 N–H and O–H groups in total. The zero-order valence-corrected chi connectivity index (χ0v) is 21.0. The van der Waals surface area contributed by atoms with Crippen molar-refractivity contribution in [2.24, 2.45) is 0 Å². The van der Waals surface area contributed by atoms with Crippen LogP contribution in [0.5, 0.6) is 0 Å². The first-order valence-electron chi connectivity index (χ1n) is 10.9. The SMILES string of the molecule is CCOC(=O)c1sc(NC(=O)CCSc2nnc3c(n2)[nH]c2ccccc23)c(C(=O)OCC)c1C. The summed E-state index contributed by atoms with van der Waals surface area (Å²) in [5, 5.41) is 12.8. The number of carbonyl (C=O) groups is 3. The first kappa shape index (κ1) is 24.6. The Morgan fingerprint density at radius 3 is 2.60 bits per heavy atom. The monoisotopic (exact) mass is 513 g/mol. The summed E-state index contributed by atoms with van der Waals surface area (Å²) in [5.41, 5.74) is 2.84. The molecule has 12 heteroatoms. The third-order valence-electron chi connectivity index (χ3n) is 5.00. The van der Waals surface area contributed by atoms with Crippen LogP contribution in [-0.4, -0.2) is 57.0 Å². The highest BCUT2D eigenvalue weighted by Gasteiger charge is 2.27. The second-order valence-corrected chi connectivity index (χ2v) is 9.39. The average molecular weight is 514 g/mol. The lowest BCUT2D eigenvalue weighted by molar-refractivity contribution is -0.115. The number of hydrogen-bond donors (Lipinski definition) is 2. The molecule has 0 spiro atoms. The van der Waals surface area contributed by atoms with Crippen LogP contribution < -0.4 is 5.32 Å². The lowest BCUT2D eigenvalue weighted by atomic mass is 10.1. The normalized spacial score (nSPS) is 11.1. The third kappa shape index (κ3) is 5.28. The highest BCUT2D eigenvalue weighted by molar-refractivity contribution is 7.99. The van der Waals surface area contributed by atoms with E-state index in [0.717, 1.165) is 22.2 Å². The van der Waals surface area contributed by atoms with Crippen LogP contribution in [0.1, 0.15) is 45.9 Å². The van der Waals surface area contributed by atoms with Gasteiger partial charge in [-0.15, -0.1) is 21.5 Å². The minimum Gasteiger partial charge on any atom is -0.462 e. The first-order chi connectivity index (χ1) is 16.9. The maximum atomic E-state index is 12.6. The van der Waals surface area contributed by atoms with Crippen LogP contribution in [0.15, 0.2) is 29.4 Å². The third-order valence-corrected chi connectivity index (χ3v) is 7.03. The van der Waals surface area contributed by atoms with Gasteiger partial charge in [0.25, 0.3) is 0 Å². The van der Waals surface area contributed by atoms with Crippen molar-refractivity contribution < 1.29 is 23.9 Å². The molecule has 0 saturated carbocycles. The summed E-state index contributed by atoms with van der Waals surface area (Å²) in [6, 6.07) is 7.75. The fraction of sp³-hybridized carbons (Fsp3) is 0.304. The van der Waals surface area contributed by atoms with E-state index in [1.165, 1.54) is 11.8 Å². The molecule has 0 aliphatic carbocycles. The van der Waals surface area contributed by atoms with Crippen LogP contribution in [0, 0.1) is 6.92 Å². The minimum absolute atomic E-state index is 0.132. The highest BCUT2D eigenvalue weighted by atomic mass is 32.2. The molecule has 0 aliphatic rings. The molecule has 10 nitrogen and oxygen atoms in total. The van der Waals surface area contributed by atoms with Crippen LogP contribution in [-0.2, 0) is 14.3 Å². The maximum absolute atomic E-state index is 12.6. The largest absolute Gasteiger partial charge is 0.462 e. The Kier molecular flexibility index (Phi) is 7.61. The van der Waals surface area contributed by atoms with Crippen molar-refractivity contribution in [3.8, 4) is 0 Å². The van der Waals surface area contributed by atoms with E-state index in [2.05, 4.69) is 25.5 Å². The van der Waals surface area contributed by atoms with Gasteiger partial charge in [-0.2, -0.15) is 0 Å². The standard InChI is InChI=1S/C23H23N5O5S2/c1-4-32-21(30)16-12(3)18(22(31)33-5-2)35-20(16)25-15(29)10-11-34-23-26-19-17(27-28-23)13-8-6-7-9-14(13)24-19/h6-9H,4-5,10-11H2,1-3H3,(H,25,29)(H,24,26,28). The Hall–Kier alpha value is -3.51. The molecule has 1 amide bonds. The molecule has 0 aliphatic heterocycles. The Labute approximate surface area is 208 Å². The fourth-order valence-electron chi connectivity index (χ4n) is 3.43. The number of hydrogen-bond acceptors (Lipinski definition) is 10. The molecule has 0 radical (unpaired) electrons. The second kappa shape index (κ2) is 10.8. The van der Waals surface area contributed by atoms with Gasteiger partial charge in [-0.1, -0.05) is 30.0 Å². The topological polar surface area (TPSA) is 136 Å². The van der Waals surface area contributed by atoms with Crippen molar-refractivity contribution in [1.29, 1.82) is 0 Å². The number of benzene rings is 1. The van der Waals surface area contributed by atoms with Crippen LogP contribution in [0.25, 0.3) is 22.1 Å². The van der Waals surface area contributed by atoms with E-state index in [1.54, 1.807) is 20.8 Å². The number of esters is 2. The number of nitrogens with zero attached hydrogens (tertiary/aromatic N) is 3. The minimum atomic E-state index is -0.604. The number of fused-ring (bicyclic) bond motifs is 3. The molecule has 0 unspecified atom stereocenters. The number of H-pyrrole nitrogens is 1. The molecule has 3 heterocycles. The number of rotatable bonds is 9. The zero-order chi connectivity index (χ0) is 24.9. The number of para-hydroxylation sites is 1. The smallest absolute Gasteiger partial charge is 0.348 e. The zero-order valence-electron chi connectivity index (χ0n) is 19.3. The molecule has 1 aromatic carbocycles. The van der Waals surface area contributed by atoms with E-state index in [9.17, 15) is 14.4 Å². The highest BCUT2D eigenvalue weighted by Crippen LogP contribution is 2.34. The molecule has 0 atom stereocenters. The van der Waals surface area contributed by atoms with Crippen molar-refractivity contribution in [2.45, 2.75) is 32.3 Å². The number of thioether (sulfide) groups is 1. The van der Waals surface area contributed by atoms with Crippen molar-refractivity contribution >= 4 is 68.0 Å². The Morgan fingerprint density at radius 2 is 1.83 bits per heavy atom. The van der Waals surface area contributed by atoms with E-state index < -0.39 is 11.9 Å². The van der Waals surface area contributed by atoms with E-state index in [4.69, 9.17) is 9.47 Å². The maximum Gasteiger partial charge on any atom is 0.348 e. The summed E-state index contributed by atoms with van der Waals surface area (Å²) < 4.78 is 10.2. The van der Waals surface area contributed by atoms with Gasteiger partial charge in [0.05, 0.1) is 18.8 Å². The number of amides is 1. The number of carbonyl (C=O) groups excluding carboxylic acids is 3. The number of nitrogens with one attached hydrogen (secondary N) is 2. The Morgan fingerprint density at radius 1 is 1.09 bits per heavy atom. The van der Waals surface area contributed by atoms with Crippen LogP contribution in [0.2, 0.25) is 0 Å². The van der Waals surface area contributed by atoms with Gasteiger partial charge < -0.3 is 19.8 Å². The van der Waals surface area contributed by atoms with Crippen molar-refractivity contribution in [2.75, 3.05) is 24.3 Å². The molecule has 182 valence electrons. The molecule has 0 bridgehead atoms. The van der Waals surface area contributed by atoms with Gasteiger partial charge >= 0.3 is 11.9 Å². The average Bonchev–Trinajstić information content (AvgIpc) is 3.36. The van der Waals surface area contributed by atoms with Gasteiger partial charge in [0.1, 0.15) is 15.4 Å². The van der Waals surface area contributed by atoms with E-state index in [0.29, 0.717) is 27.6 Å². The van der Waals surface area contributed by atoms with Crippen molar-refractivity contribution in [1.82, 2.24) is 20.2 Å². The quantitative estimate of drug-likeness (QED) is 0.247. The number of aromatic nitrogens is 4.